The SMILES string of the molecule is [CH3-].[CH3-].[Cl][Os]([Cl])=[CH]Pc1ccccc1. The maximum absolute atomic E-state index is 5.72. The van der Waals surface area contributed by atoms with Gasteiger partial charge in [0, 0.05) is 0 Å². The molecule has 0 heterocycles. The zero-order valence-corrected chi connectivity index (χ0v) is 12.6. The van der Waals surface area contributed by atoms with Crippen LogP contribution in [0.1, 0.15) is 0 Å². The van der Waals surface area contributed by atoms with Crippen LogP contribution in [0, 0.1) is 14.9 Å². The third kappa shape index (κ3) is 7.78. The van der Waals surface area contributed by atoms with Crippen molar-refractivity contribution >= 4 is 37.5 Å². The van der Waals surface area contributed by atoms with Gasteiger partial charge in [0.2, 0.25) is 0 Å². The van der Waals surface area contributed by atoms with Gasteiger partial charge in [-0.15, -0.1) is 0 Å². The van der Waals surface area contributed by atoms with E-state index in [0.717, 1.165) is 0 Å². The third-order valence-corrected chi connectivity index (χ3v) is 8.54. The Hall–Kier alpha value is 0.736. The zero-order chi connectivity index (χ0) is 8.10. The molecule has 13 heavy (non-hydrogen) atoms. The standard InChI is InChI=1S/C7H7P.2CH3.2ClH.Os/c1-8-7-5-3-2-4-6-7;;;;;/h1-6,8H;2*1H3;2*1H;/q;2*-1;;;+2/p-2. The first kappa shape index (κ1) is 16.2. The van der Waals surface area contributed by atoms with Gasteiger partial charge < -0.3 is 14.9 Å². The fourth-order valence-electron chi connectivity index (χ4n) is 0.632. The monoisotopic (exact) mass is 414 g/mol. The van der Waals surface area contributed by atoms with Gasteiger partial charge in [-0.05, 0) is 0 Å². The van der Waals surface area contributed by atoms with Crippen LogP contribution in [0.25, 0.3) is 0 Å². The van der Waals surface area contributed by atoms with E-state index in [2.05, 4.69) is 16.4 Å². The molecule has 1 aromatic carbocycles. The average molecular weight is 413 g/mol. The molecule has 0 bridgehead atoms. The molecule has 0 aromatic heterocycles. The van der Waals surface area contributed by atoms with E-state index in [9.17, 15) is 0 Å². The van der Waals surface area contributed by atoms with Crippen molar-refractivity contribution in [1.82, 2.24) is 0 Å². The molecule has 1 rings (SSSR count). The Balaban J connectivity index is 0. The van der Waals surface area contributed by atoms with Gasteiger partial charge in [-0.2, -0.15) is 0 Å². The Morgan fingerprint density at radius 2 is 1.62 bits per heavy atom. The van der Waals surface area contributed by atoms with Crippen LogP contribution in [0.2, 0.25) is 0 Å². The molecule has 0 N–H and O–H groups in total. The molecule has 78 valence electrons. The summed E-state index contributed by atoms with van der Waals surface area (Å²) in [5, 5.41) is 1.31. The van der Waals surface area contributed by atoms with E-state index < -0.39 is 13.8 Å². The van der Waals surface area contributed by atoms with Crippen LogP contribution < -0.4 is 5.30 Å². The molecule has 1 unspecified atom stereocenters. The van der Waals surface area contributed by atoms with Crippen LogP contribution in [0.4, 0.5) is 0 Å². The number of rotatable bonds is 2. The Labute approximate surface area is 96.0 Å². The topological polar surface area (TPSA) is 0 Å². The summed E-state index contributed by atoms with van der Waals surface area (Å²) in [5.74, 6) is 0. The van der Waals surface area contributed by atoms with E-state index in [1.807, 2.05) is 18.2 Å². The Kier molecular flexibility index (Phi) is 11.6. The van der Waals surface area contributed by atoms with E-state index in [4.69, 9.17) is 19.3 Å². The molecule has 0 amide bonds. The fourth-order valence-corrected chi connectivity index (χ4v) is 5.21. The second-order valence-electron chi connectivity index (χ2n) is 1.82. The van der Waals surface area contributed by atoms with Crippen LogP contribution in [-0.2, 0) is 13.8 Å². The van der Waals surface area contributed by atoms with E-state index in [-0.39, 0.29) is 14.9 Å². The van der Waals surface area contributed by atoms with E-state index in [1.54, 1.807) is 0 Å². The minimum absolute atomic E-state index is 0. The first-order valence-electron chi connectivity index (χ1n) is 2.92. The molecular formula is C9H13Cl2OsP-2. The van der Waals surface area contributed by atoms with Gasteiger partial charge in [-0.3, -0.25) is 0 Å². The number of halogens is 2. The molecule has 1 aromatic rings. The second kappa shape index (κ2) is 9.30. The van der Waals surface area contributed by atoms with Crippen molar-refractivity contribution in [2.45, 2.75) is 0 Å². The predicted octanol–water partition coefficient (Wildman–Crippen LogP) is 3.58. The van der Waals surface area contributed by atoms with E-state index in [1.165, 1.54) is 5.30 Å². The summed E-state index contributed by atoms with van der Waals surface area (Å²) in [6, 6.07) is 10.2. The van der Waals surface area contributed by atoms with E-state index >= 15 is 0 Å². The molecule has 0 aliphatic carbocycles. The number of hydrogen-bond acceptors (Lipinski definition) is 0. The summed E-state index contributed by atoms with van der Waals surface area (Å²) in [6.45, 7) is 0. The normalized spacial score (nSPS) is 10.2. The van der Waals surface area contributed by atoms with Crippen molar-refractivity contribution in [3.05, 3.63) is 45.2 Å². The van der Waals surface area contributed by atoms with Gasteiger partial charge in [0.1, 0.15) is 0 Å². The van der Waals surface area contributed by atoms with Gasteiger partial charge in [0.05, 0.1) is 0 Å². The average Bonchev–Trinajstić information content (AvgIpc) is 2.03. The first-order valence-corrected chi connectivity index (χ1v) is 11.8. The van der Waals surface area contributed by atoms with Crippen LogP contribution in [0.15, 0.2) is 30.3 Å². The van der Waals surface area contributed by atoms with E-state index in [0.29, 0.717) is 8.58 Å². The van der Waals surface area contributed by atoms with Gasteiger partial charge in [-0.25, -0.2) is 0 Å². The minimum atomic E-state index is -1.82. The maximum atomic E-state index is 5.72. The molecule has 0 nitrogen and oxygen atoms in total. The van der Waals surface area contributed by atoms with Crippen LogP contribution >= 0.6 is 27.9 Å². The fraction of sp³-hybridized carbons (Fsp3) is 0. The molecule has 0 aliphatic rings. The van der Waals surface area contributed by atoms with Crippen molar-refractivity contribution in [1.29, 1.82) is 0 Å². The third-order valence-electron chi connectivity index (χ3n) is 1.07. The Morgan fingerprint density at radius 1 is 1.08 bits per heavy atom. The zero-order valence-electron chi connectivity index (χ0n) is 7.57. The Bertz CT molecular complexity index is 245. The van der Waals surface area contributed by atoms with Crippen LogP contribution in [-0.4, -0.2) is 4.31 Å². The summed E-state index contributed by atoms with van der Waals surface area (Å²) >= 11 is -1.82. The summed E-state index contributed by atoms with van der Waals surface area (Å²) in [5.41, 5.74) is 0. The van der Waals surface area contributed by atoms with Crippen molar-refractivity contribution in [2.75, 3.05) is 0 Å². The molecule has 0 saturated heterocycles. The summed E-state index contributed by atoms with van der Waals surface area (Å²) < 4.78 is 2.06. The molecule has 1 atom stereocenters. The van der Waals surface area contributed by atoms with Gasteiger partial charge in [0.25, 0.3) is 0 Å². The van der Waals surface area contributed by atoms with Crippen molar-refractivity contribution in [3.63, 3.8) is 0 Å². The van der Waals surface area contributed by atoms with Crippen molar-refractivity contribution in [2.24, 2.45) is 0 Å². The molecular weight excluding hydrogens is 400 g/mol. The van der Waals surface area contributed by atoms with Crippen molar-refractivity contribution < 1.29 is 13.8 Å². The molecule has 0 saturated carbocycles. The van der Waals surface area contributed by atoms with Crippen molar-refractivity contribution in [3.8, 4) is 0 Å². The van der Waals surface area contributed by atoms with Gasteiger partial charge in [0.15, 0.2) is 0 Å². The van der Waals surface area contributed by atoms with Crippen LogP contribution in [0.5, 0.6) is 0 Å². The molecule has 4 heteroatoms. The molecule has 0 aliphatic heterocycles. The first-order chi connectivity index (χ1) is 5.29. The van der Waals surface area contributed by atoms with Gasteiger partial charge >= 0.3 is 81.6 Å². The predicted molar refractivity (Wildman–Crippen MR) is 65.0 cm³/mol. The van der Waals surface area contributed by atoms with Crippen LogP contribution in [0.3, 0.4) is 0 Å². The second-order valence-corrected chi connectivity index (χ2v) is 12.4. The molecule has 0 spiro atoms. The van der Waals surface area contributed by atoms with Gasteiger partial charge in [-0.1, -0.05) is 0 Å². The molecule has 0 fully saturated rings. The quantitative estimate of drug-likeness (QED) is 0.514. The Morgan fingerprint density at radius 3 is 2.08 bits per heavy atom. The summed E-state index contributed by atoms with van der Waals surface area (Å²) in [7, 11) is 12.1. The number of benzene rings is 1. The summed E-state index contributed by atoms with van der Waals surface area (Å²) in [4.78, 5) is 0. The molecule has 0 radical (unpaired) electrons. The number of hydrogen-bond donors (Lipinski definition) is 0. The summed E-state index contributed by atoms with van der Waals surface area (Å²) in [6.07, 6.45) is 0.